The second-order valence-electron chi connectivity index (χ2n) is 14.0. The van der Waals surface area contributed by atoms with E-state index in [1.165, 1.54) is 6.08 Å². The van der Waals surface area contributed by atoms with Crippen LogP contribution in [0, 0.1) is 23.7 Å². The second-order valence-corrected chi connectivity index (χ2v) is 18.8. The zero-order chi connectivity index (χ0) is 28.8. The molecule has 39 heavy (non-hydrogen) atoms. The Morgan fingerprint density at radius 2 is 1.79 bits per heavy atom. The zero-order valence-corrected chi connectivity index (χ0v) is 26.3. The molecule has 1 aliphatic carbocycles. The smallest absolute Gasteiger partial charge is 0.331 e. The molecule has 2 heterocycles. The van der Waals surface area contributed by atoms with Crippen molar-refractivity contribution in [2.24, 2.45) is 23.7 Å². The van der Waals surface area contributed by atoms with E-state index in [9.17, 15) is 9.59 Å². The fourth-order valence-electron chi connectivity index (χ4n) is 6.79. The van der Waals surface area contributed by atoms with Crippen LogP contribution in [0.2, 0.25) is 18.1 Å². The van der Waals surface area contributed by atoms with E-state index in [1.807, 2.05) is 30.3 Å². The maximum atomic E-state index is 13.2. The van der Waals surface area contributed by atoms with E-state index in [1.54, 1.807) is 6.08 Å². The van der Waals surface area contributed by atoms with Crippen LogP contribution in [-0.4, -0.2) is 50.3 Å². The van der Waals surface area contributed by atoms with Gasteiger partial charge in [-0.05, 0) is 67.3 Å². The molecule has 3 fully saturated rings. The molecule has 4 rings (SSSR count). The average molecular weight is 557 g/mol. The molecule has 1 saturated carbocycles. The van der Waals surface area contributed by atoms with Gasteiger partial charge in [0.1, 0.15) is 30.0 Å². The molecule has 1 aromatic rings. The van der Waals surface area contributed by atoms with Crippen LogP contribution in [0.4, 0.5) is 0 Å². The minimum Gasteiger partial charge on any atom is -0.458 e. The standard InChI is InChI=1S/C32H48O6Si/c1-21(2)32-19-25(36-27(34)20-35-39(8,9)30(4,5)6)31(7,38-32)24-17-15-22(3)28(24)29(32)37-26(33)18-16-23-13-11-10-12-14-23/h10-14,16,18,21-22,24-25,28-29H,15,17,19-20H2,1-9H3/b18-16+. The monoisotopic (exact) mass is 556 g/mol. The maximum Gasteiger partial charge on any atom is 0.331 e. The van der Waals surface area contributed by atoms with Crippen LogP contribution >= 0.6 is 0 Å². The SMILES string of the molecule is CC1CCC2C1C(OC(=O)/C=C/c1ccccc1)C1(C(C)C)CC(OC(=O)CO[Si](C)(C)C(C)(C)C)C2(C)O1. The minimum atomic E-state index is -2.09. The predicted molar refractivity (Wildman–Crippen MR) is 155 cm³/mol. The van der Waals surface area contributed by atoms with E-state index in [0.717, 1.165) is 18.4 Å². The van der Waals surface area contributed by atoms with Gasteiger partial charge in [-0.3, -0.25) is 0 Å². The Morgan fingerprint density at radius 3 is 2.41 bits per heavy atom. The highest BCUT2D eigenvalue weighted by atomic mass is 28.4. The molecule has 7 unspecified atom stereocenters. The molecule has 0 amide bonds. The predicted octanol–water partition coefficient (Wildman–Crippen LogP) is 6.79. The van der Waals surface area contributed by atoms with Crippen LogP contribution in [-0.2, 0) is 28.2 Å². The highest BCUT2D eigenvalue weighted by molar-refractivity contribution is 6.74. The molecule has 216 valence electrons. The number of fused-ring (bicyclic) bond motifs is 4. The van der Waals surface area contributed by atoms with Gasteiger partial charge in [0.2, 0.25) is 0 Å². The van der Waals surface area contributed by atoms with Gasteiger partial charge >= 0.3 is 11.9 Å². The van der Waals surface area contributed by atoms with E-state index < -0.39 is 31.7 Å². The number of hydrogen-bond acceptors (Lipinski definition) is 6. The van der Waals surface area contributed by atoms with Crippen LogP contribution < -0.4 is 0 Å². The minimum absolute atomic E-state index is 0.00718. The van der Waals surface area contributed by atoms with Crippen LogP contribution in [0.3, 0.4) is 0 Å². The lowest BCUT2D eigenvalue weighted by molar-refractivity contribution is -0.264. The maximum absolute atomic E-state index is 13.2. The molecular formula is C32H48O6Si. The lowest BCUT2D eigenvalue weighted by atomic mass is 9.69. The summed E-state index contributed by atoms with van der Waals surface area (Å²) in [6.45, 7) is 19.3. The number of benzene rings is 1. The number of rotatable bonds is 8. The first-order valence-electron chi connectivity index (χ1n) is 14.6. The van der Waals surface area contributed by atoms with Crippen molar-refractivity contribution < 1.29 is 28.2 Å². The van der Waals surface area contributed by atoms with Crippen molar-refractivity contribution in [3.05, 3.63) is 42.0 Å². The Balaban J connectivity index is 1.57. The van der Waals surface area contributed by atoms with Gasteiger partial charge in [0.15, 0.2) is 8.32 Å². The van der Waals surface area contributed by atoms with Crippen molar-refractivity contribution in [3.63, 3.8) is 0 Å². The Morgan fingerprint density at radius 1 is 1.13 bits per heavy atom. The van der Waals surface area contributed by atoms with Gasteiger partial charge in [-0.1, -0.05) is 71.9 Å². The van der Waals surface area contributed by atoms with E-state index in [-0.39, 0.29) is 41.3 Å². The van der Waals surface area contributed by atoms with E-state index in [4.69, 9.17) is 18.6 Å². The Bertz CT molecular complexity index is 1080. The quantitative estimate of drug-likeness (QED) is 0.199. The van der Waals surface area contributed by atoms with Crippen molar-refractivity contribution in [1.29, 1.82) is 0 Å². The fourth-order valence-corrected chi connectivity index (χ4v) is 7.70. The van der Waals surface area contributed by atoms with Gasteiger partial charge in [0.05, 0.1) is 0 Å². The molecule has 0 spiro atoms. The molecule has 2 bridgehead atoms. The third kappa shape index (κ3) is 5.64. The first kappa shape index (κ1) is 30.0. The highest BCUT2D eigenvalue weighted by Gasteiger charge is 2.72. The Hall–Kier alpha value is -1.96. The van der Waals surface area contributed by atoms with Gasteiger partial charge in [0.25, 0.3) is 0 Å². The largest absolute Gasteiger partial charge is 0.458 e. The summed E-state index contributed by atoms with van der Waals surface area (Å²) in [5, 5.41) is 0.00718. The van der Waals surface area contributed by atoms with Crippen LogP contribution in [0.5, 0.6) is 0 Å². The van der Waals surface area contributed by atoms with Crippen LogP contribution in [0.1, 0.15) is 73.3 Å². The summed E-state index contributed by atoms with van der Waals surface area (Å²) < 4.78 is 25.6. The molecule has 3 aliphatic rings. The van der Waals surface area contributed by atoms with Gasteiger partial charge in [-0.2, -0.15) is 0 Å². The molecule has 0 radical (unpaired) electrons. The fraction of sp³-hybridized carbons (Fsp3) is 0.688. The molecule has 0 aromatic heterocycles. The highest BCUT2D eigenvalue weighted by Crippen LogP contribution is 2.63. The van der Waals surface area contributed by atoms with E-state index in [0.29, 0.717) is 12.3 Å². The van der Waals surface area contributed by atoms with Crippen LogP contribution in [0.25, 0.3) is 6.08 Å². The Labute approximate surface area is 235 Å². The first-order chi connectivity index (χ1) is 18.1. The Kier molecular flexibility index (Phi) is 8.30. The zero-order valence-electron chi connectivity index (χ0n) is 25.3. The average Bonchev–Trinajstić information content (AvgIpc) is 3.37. The topological polar surface area (TPSA) is 71.1 Å². The summed E-state index contributed by atoms with van der Waals surface area (Å²) in [7, 11) is -2.09. The summed E-state index contributed by atoms with van der Waals surface area (Å²) >= 11 is 0. The number of carbonyl (C=O) groups excluding carboxylic acids is 2. The van der Waals surface area contributed by atoms with Crippen molar-refractivity contribution >= 4 is 26.3 Å². The van der Waals surface area contributed by atoms with Gasteiger partial charge in [0, 0.05) is 18.4 Å². The van der Waals surface area contributed by atoms with Gasteiger partial charge in [-0.25, -0.2) is 9.59 Å². The van der Waals surface area contributed by atoms with Crippen LogP contribution in [0.15, 0.2) is 36.4 Å². The lowest BCUT2D eigenvalue weighted by Gasteiger charge is -2.52. The van der Waals surface area contributed by atoms with E-state index in [2.05, 4.69) is 61.6 Å². The summed E-state index contributed by atoms with van der Waals surface area (Å²) in [6.07, 6.45) is 4.97. The van der Waals surface area contributed by atoms with Crippen molar-refractivity contribution in [2.45, 2.75) is 109 Å². The van der Waals surface area contributed by atoms with Crippen molar-refractivity contribution in [3.8, 4) is 0 Å². The number of esters is 2. The summed E-state index contributed by atoms with van der Waals surface area (Å²) in [4.78, 5) is 26.3. The van der Waals surface area contributed by atoms with Gasteiger partial charge in [-0.15, -0.1) is 0 Å². The van der Waals surface area contributed by atoms with Crippen molar-refractivity contribution in [1.82, 2.24) is 0 Å². The number of ether oxygens (including phenoxy) is 3. The number of hydrogen-bond donors (Lipinski definition) is 0. The molecule has 7 heteroatoms. The molecule has 7 atom stereocenters. The third-order valence-corrected chi connectivity index (χ3v) is 14.7. The van der Waals surface area contributed by atoms with E-state index >= 15 is 0 Å². The molecule has 0 N–H and O–H groups in total. The summed E-state index contributed by atoms with van der Waals surface area (Å²) in [5.41, 5.74) is -0.411. The number of carbonyl (C=O) groups is 2. The molecule has 1 aromatic carbocycles. The second kappa shape index (κ2) is 10.8. The van der Waals surface area contributed by atoms with Crippen molar-refractivity contribution in [2.75, 3.05) is 6.61 Å². The lowest BCUT2D eigenvalue weighted by Crippen LogP contribution is -2.62. The normalized spacial score (nSPS) is 34.4. The summed E-state index contributed by atoms with van der Waals surface area (Å²) in [6, 6.07) is 9.74. The third-order valence-electron chi connectivity index (χ3n) is 10.2. The molecule has 6 nitrogen and oxygen atoms in total. The molecule has 2 saturated heterocycles. The summed E-state index contributed by atoms with van der Waals surface area (Å²) in [5.74, 6) is 0.0155. The first-order valence-corrected chi connectivity index (χ1v) is 17.5. The van der Waals surface area contributed by atoms with Gasteiger partial charge < -0.3 is 18.6 Å². The molecular weight excluding hydrogens is 508 g/mol. The molecule has 2 aliphatic heterocycles.